The number of benzene rings is 2. The van der Waals surface area contributed by atoms with E-state index in [4.69, 9.17) is 4.74 Å². The predicted molar refractivity (Wildman–Crippen MR) is 159 cm³/mol. The SMILES string of the molecule is CCCCCCCC(=O)N(C/C=C/c1ccccc1OC)CCN1CCN(C(=O)NCc2ccccc2)CC1. The molecule has 7 heteroatoms. The van der Waals surface area contributed by atoms with Crippen LogP contribution in [0.3, 0.4) is 0 Å². The summed E-state index contributed by atoms with van der Waals surface area (Å²) in [5.74, 6) is 1.04. The maximum atomic E-state index is 13.1. The summed E-state index contributed by atoms with van der Waals surface area (Å²) in [6.45, 7) is 7.83. The minimum absolute atomic E-state index is 0.0140. The number of nitrogens with zero attached hydrogens (tertiary/aromatic N) is 3. The summed E-state index contributed by atoms with van der Waals surface area (Å²) < 4.78 is 5.45. The summed E-state index contributed by atoms with van der Waals surface area (Å²) in [4.78, 5) is 32.0. The van der Waals surface area contributed by atoms with Crippen LogP contribution in [0.2, 0.25) is 0 Å². The molecule has 0 bridgehead atoms. The van der Waals surface area contributed by atoms with E-state index in [1.807, 2.05) is 70.5 Å². The van der Waals surface area contributed by atoms with Crippen molar-refractivity contribution >= 4 is 18.0 Å². The zero-order valence-electron chi connectivity index (χ0n) is 23.8. The molecule has 1 aliphatic heterocycles. The van der Waals surface area contributed by atoms with Gasteiger partial charge in [0.15, 0.2) is 0 Å². The Balaban J connectivity index is 1.47. The van der Waals surface area contributed by atoms with Gasteiger partial charge in [-0.15, -0.1) is 0 Å². The van der Waals surface area contributed by atoms with E-state index in [1.165, 1.54) is 19.3 Å². The second kappa shape index (κ2) is 17.3. The number of nitrogens with one attached hydrogen (secondary N) is 1. The van der Waals surface area contributed by atoms with Crippen LogP contribution in [0.1, 0.15) is 56.6 Å². The molecular weight excluding hydrogens is 488 g/mol. The van der Waals surface area contributed by atoms with E-state index in [1.54, 1.807) is 7.11 Å². The molecular formula is C32H46N4O3. The van der Waals surface area contributed by atoms with E-state index in [0.29, 0.717) is 39.1 Å². The van der Waals surface area contributed by atoms with E-state index in [9.17, 15) is 9.59 Å². The van der Waals surface area contributed by atoms with Gasteiger partial charge in [0.05, 0.1) is 7.11 Å². The van der Waals surface area contributed by atoms with Gasteiger partial charge in [-0.05, 0) is 18.1 Å². The average molecular weight is 535 g/mol. The van der Waals surface area contributed by atoms with Gasteiger partial charge in [-0.1, -0.05) is 93.3 Å². The molecule has 7 nitrogen and oxygen atoms in total. The molecule has 2 aromatic carbocycles. The fourth-order valence-electron chi connectivity index (χ4n) is 4.79. The van der Waals surface area contributed by atoms with E-state index >= 15 is 0 Å². The minimum atomic E-state index is -0.0140. The van der Waals surface area contributed by atoms with Gasteiger partial charge >= 0.3 is 6.03 Å². The van der Waals surface area contributed by atoms with E-state index in [-0.39, 0.29) is 11.9 Å². The quantitative estimate of drug-likeness (QED) is 0.310. The number of piperazine rings is 1. The summed E-state index contributed by atoms with van der Waals surface area (Å²) in [5.41, 5.74) is 2.10. The molecule has 0 saturated carbocycles. The van der Waals surface area contributed by atoms with E-state index in [0.717, 1.165) is 49.4 Å². The first-order valence-electron chi connectivity index (χ1n) is 14.5. The molecule has 1 fully saturated rings. The summed E-state index contributed by atoms with van der Waals surface area (Å²) in [6, 6.07) is 17.9. The van der Waals surface area contributed by atoms with Crippen molar-refractivity contribution in [3.8, 4) is 5.75 Å². The van der Waals surface area contributed by atoms with E-state index < -0.39 is 0 Å². The molecule has 212 valence electrons. The van der Waals surface area contributed by atoms with Crippen LogP contribution in [0.4, 0.5) is 4.79 Å². The fraction of sp³-hybridized carbons (Fsp3) is 0.500. The summed E-state index contributed by atoms with van der Waals surface area (Å²) >= 11 is 0. The molecule has 0 radical (unpaired) electrons. The van der Waals surface area contributed by atoms with Gasteiger partial charge in [0.2, 0.25) is 5.91 Å². The Labute approximate surface area is 234 Å². The smallest absolute Gasteiger partial charge is 0.317 e. The zero-order valence-corrected chi connectivity index (χ0v) is 23.8. The van der Waals surface area contributed by atoms with Gasteiger partial charge in [-0.25, -0.2) is 4.79 Å². The highest BCUT2D eigenvalue weighted by Gasteiger charge is 2.22. The molecule has 0 aliphatic carbocycles. The number of methoxy groups -OCH3 is 1. The number of carbonyl (C=O) groups is 2. The van der Waals surface area contributed by atoms with Crippen molar-refractivity contribution in [1.82, 2.24) is 20.0 Å². The van der Waals surface area contributed by atoms with Crippen molar-refractivity contribution in [3.05, 3.63) is 71.8 Å². The lowest BCUT2D eigenvalue weighted by molar-refractivity contribution is -0.131. The van der Waals surface area contributed by atoms with Crippen molar-refractivity contribution in [2.24, 2.45) is 0 Å². The van der Waals surface area contributed by atoms with Crippen LogP contribution in [-0.2, 0) is 11.3 Å². The molecule has 1 aliphatic rings. The fourth-order valence-corrected chi connectivity index (χ4v) is 4.79. The molecule has 0 atom stereocenters. The van der Waals surface area contributed by atoms with Crippen molar-refractivity contribution in [2.45, 2.75) is 52.0 Å². The Morgan fingerprint density at radius 2 is 1.67 bits per heavy atom. The Morgan fingerprint density at radius 1 is 0.949 bits per heavy atom. The second-order valence-electron chi connectivity index (χ2n) is 10.1. The maximum absolute atomic E-state index is 13.1. The molecule has 3 rings (SSSR count). The number of para-hydroxylation sites is 1. The third-order valence-corrected chi connectivity index (χ3v) is 7.24. The van der Waals surface area contributed by atoms with Crippen molar-refractivity contribution < 1.29 is 14.3 Å². The molecule has 3 amide bonds. The molecule has 1 N–H and O–H groups in total. The highest BCUT2D eigenvalue weighted by Crippen LogP contribution is 2.18. The Morgan fingerprint density at radius 3 is 2.41 bits per heavy atom. The largest absolute Gasteiger partial charge is 0.496 e. The first kappa shape index (κ1) is 30.2. The Hall–Kier alpha value is -3.32. The van der Waals surface area contributed by atoms with Crippen molar-refractivity contribution in [3.63, 3.8) is 0 Å². The molecule has 0 unspecified atom stereocenters. The standard InChI is InChI=1S/C32H46N4O3/c1-3-4-5-6-10-19-31(37)35(20-13-17-29-16-11-12-18-30(29)39-2)24-21-34-22-25-36(26-23-34)32(38)33-27-28-14-8-7-9-15-28/h7-9,11-18H,3-6,10,19-27H2,1-2H3,(H,33,38)/b17-13+. The highest BCUT2D eigenvalue weighted by molar-refractivity contribution is 5.76. The minimum Gasteiger partial charge on any atom is -0.496 e. The number of hydrogen-bond donors (Lipinski definition) is 1. The first-order valence-corrected chi connectivity index (χ1v) is 14.5. The normalized spacial score (nSPS) is 13.9. The number of unbranched alkanes of at least 4 members (excludes halogenated alkanes) is 4. The average Bonchev–Trinajstić information content (AvgIpc) is 2.98. The van der Waals surface area contributed by atoms with Crippen LogP contribution in [0.5, 0.6) is 5.75 Å². The van der Waals surface area contributed by atoms with Crippen LogP contribution < -0.4 is 10.1 Å². The lowest BCUT2D eigenvalue weighted by Crippen LogP contribution is -2.53. The van der Waals surface area contributed by atoms with Crippen molar-refractivity contribution in [2.75, 3.05) is 52.9 Å². The van der Waals surface area contributed by atoms with Gasteiger partial charge in [-0.3, -0.25) is 9.69 Å². The predicted octanol–water partition coefficient (Wildman–Crippen LogP) is 5.42. The highest BCUT2D eigenvalue weighted by atomic mass is 16.5. The number of hydrogen-bond acceptors (Lipinski definition) is 4. The van der Waals surface area contributed by atoms with Crippen LogP contribution >= 0.6 is 0 Å². The lowest BCUT2D eigenvalue weighted by atomic mass is 10.1. The van der Waals surface area contributed by atoms with Crippen molar-refractivity contribution in [1.29, 1.82) is 0 Å². The number of ether oxygens (including phenoxy) is 1. The second-order valence-corrected chi connectivity index (χ2v) is 10.1. The molecule has 1 saturated heterocycles. The molecule has 2 aromatic rings. The van der Waals surface area contributed by atoms with Gasteiger partial charge in [-0.2, -0.15) is 0 Å². The van der Waals surface area contributed by atoms with Crippen LogP contribution in [0.15, 0.2) is 60.7 Å². The van der Waals surface area contributed by atoms with Gasteiger partial charge in [0.25, 0.3) is 0 Å². The summed E-state index contributed by atoms with van der Waals surface area (Å²) in [5, 5.41) is 3.02. The first-order chi connectivity index (χ1) is 19.1. The maximum Gasteiger partial charge on any atom is 0.317 e. The number of rotatable bonds is 15. The number of amides is 3. The zero-order chi connectivity index (χ0) is 27.7. The monoisotopic (exact) mass is 534 g/mol. The van der Waals surface area contributed by atoms with Gasteiger partial charge in [0, 0.05) is 64.3 Å². The summed E-state index contributed by atoms with van der Waals surface area (Å²) in [7, 11) is 1.67. The number of urea groups is 1. The molecule has 0 aromatic heterocycles. The van der Waals surface area contributed by atoms with Crippen LogP contribution in [0, 0.1) is 0 Å². The van der Waals surface area contributed by atoms with Gasteiger partial charge in [0.1, 0.15) is 5.75 Å². The number of carbonyl (C=O) groups excluding carboxylic acids is 2. The lowest BCUT2D eigenvalue weighted by Gasteiger charge is -2.35. The van der Waals surface area contributed by atoms with Crippen LogP contribution in [0.25, 0.3) is 6.08 Å². The van der Waals surface area contributed by atoms with Gasteiger partial charge < -0.3 is 19.9 Å². The Bertz CT molecular complexity index is 1020. The third-order valence-electron chi connectivity index (χ3n) is 7.24. The molecule has 0 spiro atoms. The summed E-state index contributed by atoms with van der Waals surface area (Å²) in [6.07, 6.45) is 10.4. The molecule has 39 heavy (non-hydrogen) atoms. The van der Waals surface area contributed by atoms with Crippen LogP contribution in [-0.4, -0.2) is 79.6 Å². The molecule has 1 heterocycles. The van der Waals surface area contributed by atoms with E-state index in [2.05, 4.69) is 23.2 Å². The topological polar surface area (TPSA) is 65.1 Å². The third kappa shape index (κ3) is 10.8. The Kier molecular flexibility index (Phi) is 13.4.